The highest BCUT2D eigenvalue weighted by molar-refractivity contribution is 5.87. The van der Waals surface area contributed by atoms with E-state index in [1.54, 1.807) is 0 Å². The Bertz CT molecular complexity index is 466. The second kappa shape index (κ2) is 3.95. The van der Waals surface area contributed by atoms with Crippen molar-refractivity contribution in [3.63, 3.8) is 0 Å². The van der Waals surface area contributed by atoms with Crippen LogP contribution >= 0.6 is 0 Å². The van der Waals surface area contributed by atoms with Crippen molar-refractivity contribution < 1.29 is 27.0 Å². The molecule has 0 amide bonds. The van der Waals surface area contributed by atoms with Gasteiger partial charge in [-0.05, 0) is 12.5 Å². The van der Waals surface area contributed by atoms with Crippen LogP contribution in [0.15, 0.2) is 22.6 Å². The Hall–Kier alpha value is -1.48. The van der Waals surface area contributed by atoms with Gasteiger partial charge in [0.25, 0.3) is 0 Å². The molecule has 2 aromatic rings. The lowest BCUT2D eigenvalue weighted by atomic mass is 10.1. The molecule has 1 aromatic heterocycles. The molecule has 0 unspecified atom stereocenters. The lowest BCUT2D eigenvalue weighted by Crippen LogP contribution is -3.00. The quantitative estimate of drug-likeness (QED) is 0.609. The minimum Gasteiger partial charge on any atom is -1.00 e. The van der Waals surface area contributed by atoms with Crippen LogP contribution in [0.3, 0.4) is 0 Å². The molecule has 0 fully saturated rings. The Morgan fingerprint density at radius 3 is 2.40 bits per heavy atom. The van der Waals surface area contributed by atoms with E-state index in [1.165, 1.54) is 12.1 Å². The SMILES string of the molecule is Cc1cc(C)c2c(O)cc(O)cc2[o+]1.[Cl-]. The summed E-state index contributed by atoms with van der Waals surface area (Å²) in [6.07, 6.45) is 0. The molecule has 4 heteroatoms. The second-order valence-electron chi connectivity index (χ2n) is 3.38. The minimum absolute atomic E-state index is 0. The third-order valence-electron chi connectivity index (χ3n) is 2.15. The van der Waals surface area contributed by atoms with Crippen LogP contribution in [0.2, 0.25) is 0 Å². The Morgan fingerprint density at radius 1 is 1.07 bits per heavy atom. The van der Waals surface area contributed by atoms with Crippen LogP contribution in [0, 0.1) is 13.8 Å². The Labute approximate surface area is 93.4 Å². The number of aromatic hydroxyl groups is 2. The molecular formula is C11H11ClO3. The molecular weight excluding hydrogens is 216 g/mol. The Kier molecular flexibility index (Phi) is 3.05. The molecule has 0 radical (unpaired) electrons. The minimum atomic E-state index is 0. The van der Waals surface area contributed by atoms with E-state index in [1.807, 2.05) is 19.9 Å². The standard InChI is InChI=1S/C11H10O3.ClH/c1-6-3-7(2)14-10-5-8(12)4-9(13)11(6)10;/h3-5H,1-2H3,(H-,12,13);1H. The monoisotopic (exact) mass is 226 g/mol. The van der Waals surface area contributed by atoms with Gasteiger partial charge >= 0.3 is 11.3 Å². The molecule has 80 valence electrons. The first-order valence-corrected chi connectivity index (χ1v) is 4.34. The van der Waals surface area contributed by atoms with E-state index in [0.29, 0.717) is 11.0 Å². The zero-order valence-electron chi connectivity index (χ0n) is 8.41. The van der Waals surface area contributed by atoms with Gasteiger partial charge in [-0.25, -0.2) is 4.42 Å². The summed E-state index contributed by atoms with van der Waals surface area (Å²) >= 11 is 0. The summed E-state index contributed by atoms with van der Waals surface area (Å²) in [5.74, 6) is 0.796. The molecule has 0 saturated carbocycles. The van der Waals surface area contributed by atoms with Gasteiger partial charge in [0.1, 0.15) is 16.9 Å². The van der Waals surface area contributed by atoms with Gasteiger partial charge < -0.3 is 22.6 Å². The molecule has 0 atom stereocenters. The van der Waals surface area contributed by atoms with Gasteiger partial charge in [0, 0.05) is 12.1 Å². The number of phenols is 2. The number of rotatable bonds is 0. The summed E-state index contributed by atoms with van der Waals surface area (Å²) < 4.78 is 5.38. The highest BCUT2D eigenvalue weighted by atomic mass is 35.5. The van der Waals surface area contributed by atoms with Crippen LogP contribution < -0.4 is 12.4 Å². The Morgan fingerprint density at radius 2 is 1.73 bits per heavy atom. The molecule has 3 nitrogen and oxygen atoms in total. The first-order chi connectivity index (χ1) is 6.58. The fraction of sp³-hybridized carbons (Fsp3) is 0.182. The van der Waals surface area contributed by atoms with Crippen molar-refractivity contribution in [3.8, 4) is 11.5 Å². The molecule has 0 saturated heterocycles. The lowest BCUT2D eigenvalue weighted by Gasteiger charge is -1.98. The topological polar surface area (TPSA) is 51.8 Å². The number of aryl methyl sites for hydroxylation is 2. The molecule has 15 heavy (non-hydrogen) atoms. The number of fused-ring (bicyclic) bond motifs is 1. The zero-order chi connectivity index (χ0) is 10.3. The third-order valence-corrected chi connectivity index (χ3v) is 2.15. The number of hydrogen-bond donors (Lipinski definition) is 2. The summed E-state index contributed by atoms with van der Waals surface area (Å²) in [6.45, 7) is 3.72. The van der Waals surface area contributed by atoms with Gasteiger partial charge in [-0.3, -0.25) is 0 Å². The fourth-order valence-electron chi connectivity index (χ4n) is 1.64. The molecule has 0 aliphatic heterocycles. The van der Waals surface area contributed by atoms with Crippen molar-refractivity contribution in [2.45, 2.75) is 13.8 Å². The highest BCUT2D eigenvalue weighted by Gasteiger charge is 2.16. The lowest BCUT2D eigenvalue weighted by molar-refractivity contribution is -0.00000583. The normalized spacial score (nSPS) is 10.0. The van der Waals surface area contributed by atoms with Crippen LogP contribution in [0.1, 0.15) is 11.3 Å². The number of hydrogen-bond acceptors (Lipinski definition) is 2. The van der Waals surface area contributed by atoms with E-state index in [4.69, 9.17) is 4.42 Å². The molecule has 0 bridgehead atoms. The maximum Gasteiger partial charge on any atom is 0.367 e. The maximum atomic E-state index is 9.60. The summed E-state index contributed by atoms with van der Waals surface area (Å²) in [6, 6.07) is 4.65. The molecule has 1 aromatic carbocycles. The average molecular weight is 227 g/mol. The van der Waals surface area contributed by atoms with Crippen molar-refractivity contribution >= 4 is 11.0 Å². The Balaban J connectivity index is 0.00000112. The fourth-order valence-corrected chi connectivity index (χ4v) is 1.64. The third kappa shape index (κ3) is 1.97. The second-order valence-corrected chi connectivity index (χ2v) is 3.38. The molecule has 2 N–H and O–H groups in total. The first-order valence-electron chi connectivity index (χ1n) is 4.34. The highest BCUT2D eigenvalue weighted by Crippen LogP contribution is 2.32. The van der Waals surface area contributed by atoms with Gasteiger partial charge in [0.2, 0.25) is 0 Å². The number of benzene rings is 1. The molecule has 0 aliphatic carbocycles. The van der Waals surface area contributed by atoms with Crippen LogP contribution in [-0.2, 0) is 0 Å². The van der Waals surface area contributed by atoms with E-state index in [9.17, 15) is 10.2 Å². The molecule has 2 rings (SSSR count). The predicted molar refractivity (Wildman–Crippen MR) is 53.4 cm³/mol. The van der Waals surface area contributed by atoms with Gasteiger partial charge in [-0.1, -0.05) is 0 Å². The van der Waals surface area contributed by atoms with Crippen molar-refractivity contribution in [2.75, 3.05) is 0 Å². The smallest absolute Gasteiger partial charge is 0.367 e. The molecule has 1 heterocycles. The number of phenolic OH excluding ortho intramolecular Hbond substituents is 2. The molecule has 0 aliphatic rings. The largest absolute Gasteiger partial charge is 1.00 e. The molecule has 0 spiro atoms. The zero-order valence-corrected chi connectivity index (χ0v) is 9.17. The summed E-state index contributed by atoms with van der Waals surface area (Å²) in [5.41, 5.74) is 1.43. The maximum absolute atomic E-state index is 9.60. The van der Waals surface area contributed by atoms with E-state index < -0.39 is 0 Å². The van der Waals surface area contributed by atoms with Gasteiger partial charge in [-0.15, -0.1) is 0 Å². The van der Waals surface area contributed by atoms with E-state index in [-0.39, 0.29) is 23.9 Å². The van der Waals surface area contributed by atoms with Crippen LogP contribution in [0.5, 0.6) is 11.5 Å². The van der Waals surface area contributed by atoms with E-state index in [2.05, 4.69) is 0 Å². The van der Waals surface area contributed by atoms with Crippen molar-refractivity contribution in [1.82, 2.24) is 0 Å². The van der Waals surface area contributed by atoms with Gasteiger partial charge in [0.05, 0.1) is 13.0 Å². The van der Waals surface area contributed by atoms with Crippen LogP contribution in [-0.4, -0.2) is 10.2 Å². The summed E-state index contributed by atoms with van der Waals surface area (Å²) in [5, 5.41) is 19.5. The predicted octanol–water partition coefficient (Wildman–Crippen LogP) is -0.254. The van der Waals surface area contributed by atoms with E-state index >= 15 is 0 Å². The van der Waals surface area contributed by atoms with Gasteiger partial charge in [-0.2, -0.15) is 0 Å². The average Bonchev–Trinajstić information content (AvgIpc) is 1.99. The first kappa shape index (κ1) is 11.6. The van der Waals surface area contributed by atoms with Crippen molar-refractivity contribution in [1.29, 1.82) is 0 Å². The summed E-state index contributed by atoms with van der Waals surface area (Å²) in [7, 11) is 0. The van der Waals surface area contributed by atoms with Crippen LogP contribution in [0.4, 0.5) is 0 Å². The van der Waals surface area contributed by atoms with Crippen molar-refractivity contribution in [3.05, 3.63) is 29.5 Å². The van der Waals surface area contributed by atoms with Gasteiger partial charge in [0.15, 0.2) is 0 Å². The number of halogens is 1. The van der Waals surface area contributed by atoms with Crippen molar-refractivity contribution in [2.24, 2.45) is 0 Å². The van der Waals surface area contributed by atoms with E-state index in [0.717, 1.165) is 11.3 Å². The van der Waals surface area contributed by atoms with Crippen LogP contribution in [0.25, 0.3) is 11.0 Å². The summed E-state index contributed by atoms with van der Waals surface area (Å²) in [4.78, 5) is 0.